The van der Waals surface area contributed by atoms with E-state index in [1.54, 1.807) is 7.11 Å². The number of ether oxygens (including phenoxy) is 2. The molecule has 5 nitrogen and oxygen atoms in total. The molecule has 0 aromatic carbocycles. The fourth-order valence-electron chi connectivity index (χ4n) is 2.16. The summed E-state index contributed by atoms with van der Waals surface area (Å²) in [7, 11) is 1.58. The van der Waals surface area contributed by atoms with E-state index in [1.165, 1.54) is 0 Å². The fourth-order valence-corrected chi connectivity index (χ4v) is 2.16. The van der Waals surface area contributed by atoms with Gasteiger partial charge in [-0.3, -0.25) is 0 Å². The maximum absolute atomic E-state index is 8.51. The van der Waals surface area contributed by atoms with Crippen molar-refractivity contribution in [2.24, 2.45) is 17.0 Å². The maximum Gasteiger partial charge on any atom is 0.166 e. The molecule has 0 amide bonds. The maximum atomic E-state index is 8.51. The molecule has 5 atom stereocenters. The van der Waals surface area contributed by atoms with E-state index in [0.29, 0.717) is 5.92 Å². The largest absolute Gasteiger partial charge is 0.355 e. The Kier molecular flexibility index (Phi) is 4.39. The number of hydrogen-bond donors (Lipinski definition) is 0. The van der Waals surface area contributed by atoms with E-state index < -0.39 is 6.29 Å². The summed E-state index contributed by atoms with van der Waals surface area (Å²) in [6.07, 6.45) is 0.737. The lowest BCUT2D eigenvalue weighted by molar-refractivity contribution is -0.219. The van der Waals surface area contributed by atoms with Crippen LogP contribution in [0.2, 0.25) is 0 Å². The lowest BCUT2D eigenvalue weighted by Crippen LogP contribution is -2.48. The Balaban J connectivity index is 2.83. The standard InChI is InChI=1S/C10H19N3O2/c1-5-8-6(2)7(3)9(12-13-11)10(14-4)15-8/h6-10H,5H2,1-4H3/t6-,7+,8?,9?,10-/m1/s1. The molecule has 0 radical (unpaired) electrons. The minimum Gasteiger partial charge on any atom is -0.355 e. The zero-order valence-corrected chi connectivity index (χ0v) is 9.75. The van der Waals surface area contributed by atoms with E-state index in [2.05, 4.69) is 30.8 Å². The molecule has 1 heterocycles. The zero-order chi connectivity index (χ0) is 11.4. The van der Waals surface area contributed by atoms with Crippen LogP contribution in [0.4, 0.5) is 0 Å². The topological polar surface area (TPSA) is 67.2 Å². The monoisotopic (exact) mass is 213 g/mol. The van der Waals surface area contributed by atoms with Gasteiger partial charge in [-0.15, -0.1) is 0 Å². The molecule has 0 bridgehead atoms. The molecule has 86 valence electrons. The number of hydrogen-bond acceptors (Lipinski definition) is 3. The Morgan fingerprint density at radius 1 is 1.40 bits per heavy atom. The Hall–Kier alpha value is -0.770. The van der Waals surface area contributed by atoms with E-state index >= 15 is 0 Å². The summed E-state index contributed by atoms with van der Waals surface area (Å²) < 4.78 is 11.0. The van der Waals surface area contributed by atoms with Crippen LogP contribution < -0.4 is 0 Å². The highest BCUT2D eigenvalue weighted by Crippen LogP contribution is 2.34. The van der Waals surface area contributed by atoms with Gasteiger partial charge in [0.25, 0.3) is 0 Å². The summed E-state index contributed by atoms with van der Waals surface area (Å²) in [5, 5.41) is 3.77. The minimum atomic E-state index is -0.406. The van der Waals surface area contributed by atoms with Gasteiger partial charge in [-0.25, -0.2) is 0 Å². The highest BCUT2D eigenvalue weighted by molar-refractivity contribution is 4.88. The molecule has 1 fully saturated rings. The molecule has 0 aromatic heterocycles. The van der Waals surface area contributed by atoms with Gasteiger partial charge in [0.1, 0.15) is 0 Å². The number of nitrogens with zero attached hydrogens (tertiary/aromatic N) is 3. The first-order chi connectivity index (χ1) is 7.15. The summed E-state index contributed by atoms with van der Waals surface area (Å²) in [6, 6.07) is -0.224. The number of azide groups is 1. The summed E-state index contributed by atoms with van der Waals surface area (Å²) in [5.41, 5.74) is 8.51. The Bertz CT molecular complexity index is 251. The van der Waals surface area contributed by atoms with Crippen molar-refractivity contribution in [2.45, 2.75) is 45.6 Å². The second-order valence-corrected chi connectivity index (χ2v) is 4.10. The van der Waals surface area contributed by atoms with E-state index in [4.69, 9.17) is 15.0 Å². The third-order valence-corrected chi connectivity index (χ3v) is 3.36. The molecule has 1 aliphatic heterocycles. The molecule has 2 unspecified atom stereocenters. The second kappa shape index (κ2) is 5.35. The molecule has 0 spiro atoms. The van der Waals surface area contributed by atoms with Gasteiger partial charge in [0.2, 0.25) is 0 Å². The summed E-state index contributed by atoms with van der Waals surface area (Å²) in [4.78, 5) is 2.86. The van der Waals surface area contributed by atoms with Gasteiger partial charge in [-0.1, -0.05) is 25.9 Å². The Labute approximate surface area is 90.4 Å². The molecule has 1 rings (SSSR count). The molecule has 5 heteroatoms. The Morgan fingerprint density at radius 2 is 2.07 bits per heavy atom. The van der Waals surface area contributed by atoms with Crippen LogP contribution in [-0.2, 0) is 9.47 Å². The van der Waals surface area contributed by atoms with Gasteiger partial charge >= 0.3 is 0 Å². The summed E-state index contributed by atoms with van der Waals surface area (Å²) in [5.74, 6) is 0.668. The van der Waals surface area contributed by atoms with Crippen LogP contribution in [-0.4, -0.2) is 25.5 Å². The average Bonchev–Trinajstić information content (AvgIpc) is 2.25. The number of rotatable bonds is 3. The molecule has 0 saturated carbocycles. The normalized spacial score (nSPS) is 40.9. The van der Waals surface area contributed by atoms with E-state index in [9.17, 15) is 0 Å². The highest BCUT2D eigenvalue weighted by Gasteiger charge is 2.40. The van der Waals surface area contributed by atoms with Crippen molar-refractivity contribution in [3.8, 4) is 0 Å². The van der Waals surface area contributed by atoms with Crippen LogP contribution in [0.5, 0.6) is 0 Å². The van der Waals surface area contributed by atoms with Gasteiger partial charge in [0.05, 0.1) is 12.1 Å². The van der Waals surface area contributed by atoms with Gasteiger partial charge in [0.15, 0.2) is 6.29 Å². The molecule has 0 N–H and O–H groups in total. The summed E-state index contributed by atoms with van der Waals surface area (Å²) in [6.45, 7) is 6.31. The van der Waals surface area contributed by atoms with Crippen LogP contribution in [0.3, 0.4) is 0 Å². The first kappa shape index (κ1) is 12.3. The van der Waals surface area contributed by atoms with Crippen molar-refractivity contribution in [1.29, 1.82) is 0 Å². The van der Waals surface area contributed by atoms with E-state index in [0.717, 1.165) is 6.42 Å². The van der Waals surface area contributed by atoms with Crippen molar-refractivity contribution in [3.63, 3.8) is 0 Å². The van der Waals surface area contributed by atoms with Crippen molar-refractivity contribution >= 4 is 0 Å². The van der Waals surface area contributed by atoms with Crippen molar-refractivity contribution < 1.29 is 9.47 Å². The first-order valence-electron chi connectivity index (χ1n) is 5.38. The molecule has 1 aliphatic rings. The molecular formula is C10H19N3O2. The predicted molar refractivity (Wildman–Crippen MR) is 57.2 cm³/mol. The third-order valence-electron chi connectivity index (χ3n) is 3.36. The summed E-state index contributed by atoms with van der Waals surface area (Å²) >= 11 is 0. The molecule has 1 saturated heterocycles. The molecule has 15 heavy (non-hydrogen) atoms. The van der Waals surface area contributed by atoms with Gasteiger partial charge in [-0.2, -0.15) is 0 Å². The van der Waals surface area contributed by atoms with Crippen LogP contribution in [0.15, 0.2) is 5.11 Å². The second-order valence-electron chi connectivity index (χ2n) is 4.10. The van der Waals surface area contributed by atoms with Crippen LogP contribution in [0.25, 0.3) is 10.4 Å². The number of methoxy groups -OCH3 is 1. The van der Waals surface area contributed by atoms with Gasteiger partial charge in [0, 0.05) is 12.0 Å². The van der Waals surface area contributed by atoms with Crippen LogP contribution in [0.1, 0.15) is 27.2 Å². The smallest absolute Gasteiger partial charge is 0.166 e. The van der Waals surface area contributed by atoms with E-state index in [-0.39, 0.29) is 18.1 Å². The van der Waals surface area contributed by atoms with Gasteiger partial charge < -0.3 is 9.47 Å². The zero-order valence-electron chi connectivity index (χ0n) is 9.75. The van der Waals surface area contributed by atoms with Crippen LogP contribution in [0, 0.1) is 11.8 Å². The Morgan fingerprint density at radius 3 is 2.53 bits per heavy atom. The van der Waals surface area contributed by atoms with Gasteiger partial charge in [-0.05, 0) is 23.8 Å². The quantitative estimate of drug-likeness (QED) is 0.411. The van der Waals surface area contributed by atoms with Crippen molar-refractivity contribution in [1.82, 2.24) is 0 Å². The van der Waals surface area contributed by atoms with Crippen LogP contribution >= 0.6 is 0 Å². The third kappa shape index (κ3) is 2.43. The highest BCUT2D eigenvalue weighted by atomic mass is 16.7. The fraction of sp³-hybridized carbons (Fsp3) is 1.00. The molecule has 0 aromatic rings. The average molecular weight is 213 g/mol. The van der Waals surface area contributed by atoms with Crippen molar-refractivity contribution in [2.75, 3.05) is 7.11 Å². The lowest BCUT2D eigenvalue weighted by atomic mass is 9.81. The van der Waals surface area contributed by atoms with Crippen molar-refractivity contribution in [3.05, 3.63) is 10.4 Å². The predicted octanol–water partition coefficient (Wildman–Crippen LogP) is 2.72. The first-order valence-corrected chi connectivity index (χ1v) is 5.38. The lowest BCUT2D eigenvalue weighted by Gasteiger charge is -2.42. The molecular weight excluding hydrogens is 194 g/mol. The SMILES string of the molecule is CCC1O[C@@H](OC)C(N=[N+]=[N-])[C@@H](C)[C@H]1C. The minimum absolute atomic E-state index is 0.190. The molecule has 0 aliphatic carbocycles. The van der Waals surface area contributed by atoms with E-state index in [1.807, 2.05) is 0 Å².